The molecule has 2 N–H and O–H groups in total. The van der Waals surface area contributed by atoms with Crippen molar-refractivity contribution in [3.05, 3.63) is 28.5 Å². The van der Waals surface area contributed by atoms with Crippen molar-refractivity contribution in [2.75, 3.05) is 0 Å². The van der Waals surface area contributed by atoms with Gasteiger partial charge in [0.05, 0.1) is 6.04 Å². The zero-order valence-electron chi connectivity index (χ0n) is 9.76. The first-order chi connectivity index (χ1) is 9.08. The maximum Gasteiger partial charge on any atom is 0.387 e. The van der Waals surface area contributed by atoms with Crippen LogP contribution in [0.1, 0.15) is 28.5 Å². The summed E-state index contributed by atoms with van der Waals surface area (Å²) in [6, 6.07) is 0.904. The predicted molar refractivity (Wildman–Crippen MR) is 63.2 cm³/mol. The van der Waals surface area contributed by atoms with Gasteiger partial charge in [0.2, 0.25) is 0 Å². The monoisotopic (exact) mass is 288 g/mol. The Bertz CT molecular complexity index is 543. The van der Waals surface area contributed by atoms with Crippen LogP contribution >= 0.6 is 11.3 Å². The Morgan fingerprint density at radius 2 is 2.37 bits per heavy atom. The van der Waals surface area contributed by atoms with Gasteiger partial charge >= 0.3 is 6.61 Å². The normalized spacial score (nSPS) is 12.4. The van der Waals surface area contributed by atoms with Gasteiger partial charge in [-0.3, -0.25) is 9.89 Å². The van der Waals surface area contributed by atoms with Gasteiger partial charge in [-0.05, 0) is 18.4 Å². The fourth-order valence-electron chi connectivity index (χ4n) is 1.41. The van der Waals surface area contributed by atoms with Crippen molar-refractivity contribution in [1.29, 1.82) is 0 Å². The molecule has 0 aliphatic rings. The SMILES string of the molecule is C[C@H](NC(=O)c1sccc1OC(F)F)c1ncn[nH]1. The number of hydrogen-bond acceptors (Lipinski definition) is 5. The molecule has 2 rings (SSSR count). The molecule has 2 aromatic rings. The van der Waals surface area contributed by atoms with Crippen LogP contribution in [0.3, 0.4) is 0 Å². The van der Waals surface area contributed by atoms with Gasteiger partial charge in [0.25, 0.3) is 5.91 Å². The van der Waals surface area contributed by atoms with Crippen LogP contribution in [0.4, 0.5) is 8.78 Å². The highest BCUT2D eigenvalue weighted by Crippen LogP contribution is 2.26. The number of alkyl halides is 2. The van der Waals surface area contributed by atoms with E-state index >= 15 is 0 Å². The van der Waals surface area contributed by atoms with E-state index < -0.39 is 18.6 Å². The van der Waals surface area contributed by atoms with Crippen LogP contribution in [0.2, 0.25) is 0 Å². The molecule has 6 nitrogen and oxygen atoms in total. The van der Waals surface area contributed by atoms with E-state index in [0.29, 0.717) is 5.82 Å². The highest BCUT2D eigenvalue weighted by Gasteiger charge is 2.20. The number of carbonyl (C=O) groups excluding carboxylic acids is 1. The van der Waals surface area contributed by atoms with Gasteiger partial charge in [-0.25, -0.2) is 4.98 Å². The van der Waals surface area contributed by atoms with Gasteiger partial charge in [-0.2, -0.15) is 13.9 Å². The molecular formula is C10H10F2N4O2S. The van der Waals surface area contributed by atoms with E-state index in [4.69, 9.17) is 0 Å². The third-order valence-corrected chi connectivity index (χ3v) is 3.14. The van der Waals surface area contributed by atoms with Crippen molar-refractivity contribution in [3.63, 3.8) is 0 Å². The molecule has 0 saturated heterocycles. The third kappa shape index (κ3) is 3.25. The molecular weight excluding hydrogens is 278 g/mol. The summed E-state index contributed by atoms with van der Waals surface area (Å²) in [4.78, 5) is 15.9. The summed E-state index contributed by atoms with van der Waals surface area (Å²) in [5, 5.41) is 10.4. The van der Waals surface area contributed by atoms with Gasteiger partial charge in [-0.1, -0.05) is 0 Å². The average Bonchev–Trinajstić information content (AvgIpc) is 2.97. The van der Waals surface area contributed by atoms with E-state index in [1.165, 1.54) is 17.8 Å². The summed E-state index contributed by atoms with van der Waals surface area (Å²) in [5.74, 6) is -0.168. The van der Waals surface area contributed by atoms with Gasteiger partial charge in [-0.15, -0.1) is 11.3 Å². The molecule has 1 amide bonds. The molecule has 0 unspecified atom stereocenters. The quantitative estimate of drug-likeness (QED) is 0.881. The number of aromatic nitrogens is 3. The summed E-state index contributed by atoms with van der Waals surface area (Å²) in [5.41, 5.74) is 0. The first kappa shape index (κ1) is 13.4. The number of carbonyl (C=O) groups is 1. The number of halogens is 2. The Morgan fingerprint density at radius 1 is 1.58 bits per heavy atom. The molecule has 0 bridgehead atoms. The molecule has 0 aliphatic heterocycles. The zero-order valence-corrected chi connectivity index (χ0v) is 10.6. The Hall–Kier alpha value is -2.03. The molecule has 0 radical (unpaired) electrons. The van der Waals surface area contributed by atoms with Gasteiger partial charge in [0.1, 0.15) is 22.8 Å². The van der Waals surface area contributed by atoms with E-state index in [1.54, 1.807) is 6.92 Å². The topological polar surface area (TPSA) is 79.9 Å². The number of nitrogens with one attached hydrogen (secondary N) is 2. The van der Waals surface area contributed by atoms with Crippen LogP contribution in [0.15, 0.2) is 17.8 Å². The zero-order chi connectivity index (χ0) is 13.8. The van der Waals surface area contributed by atoms with Crippen LogP contribution in [-0.2, 0) is 0 Å². The lowest BCUT2D eigenvalue weighted by atomic mass is 10.3. The minimum atomic E-state index is -2.96. The van der Waals surface area contributed by atoms with Crippen molar-refractivity contribution in [2.24, 2.45) is 0 Å². The summed E-state index contributed by atoms with van der Waals surface area (Å²) in [7, 11) is 0. The van der Waals surface area contributed by atoms with Crippen LogP contribution in [-0.4, -0.2) is 27.7 Å². The summed E-state index contributed by atoms with van der Waals surface area (Å²) >= 11 is 1.02. The Balaban J connectivity index is 2.06. The maximum atomic E-state index is 12.2. The lowest BCUT2D eigenvalue weighted by Crippen LogP contribution is -2.27. The minimum absolute atomic E-state index is 0.0895. The predicted octanol–water partition coefficient (Wildman–Crippen LogP) is 1.96. The molecule has 9 heteroatoms. The molecule has 2 aromatic heterocycles. The van der Waals surface area contributed by atoms with Crippen LogP contribution < -0.4 is 10.1 Å². The van der Waals surface area contributed by atoms with E-state index in [2.05, 4.69) is 25.2 Å². The van der Waals surface area contributed by atoms with E-state index in [1.807, 2.05) is 0 Å². The van der Waals surface area contributed by atoms with E-state index in [9.17, 15) is 13.6 Å². The number of rotatable bonds is 5. The number of hydrogen-bond donors (Lipinski definition) is 2. The molecule has 19 heavy (non-hydrogen) atoms. The lowest BCUT2D eigenvalue weighted by molar-refractivity contribution is -0.0498. The molecule has 0 aromatic carbocycles. The Labute approximate surface area is 110 Å². The number of aromatic amines is 1. The van der Waals surface area contributed by atoms with Crippen LogP contribution in [0.5, 0.6) is 5.75 Å². The minimum Gasteiger partial charge on any atom is -0.433 e. The summed E-state index contributed by atoms with van der Waals surface area (Å²) < 4.78 is 28.6. The number of thiophene rings is 1. The number of H-pyrrole nitrogens is 1. The van der Waals surface area contributed by atoms with Crippen molar-refractivity contribution in [3.8, 4) is 5.75 Å². The molecule has 0 saturated carbocycles. The lowest BCUT2D eigenvalue weighted by Gasteiger charge is -2.11. The second-order valence-corrected chi connectivity index (χ2v) is 4.47. The van der Waals surface area contributed by atoms with Gasteiger partial charge in [0, 0.05) is 0 Å². The van der Waals surface area contributed by atoms with Crippen LogP contribution in [0, 0.1) is 0 Å². The molecule has 1 atom stereocenters. The Morgan fingerprint density at radius 3 is 3.00 bits per heavy atom. The standard InChI is InChI=1S/C10H10F2N4O2S/c1-5(8-13-4-14-16-8)15-9(17)7-6(2-3-19-7)18-10(11)12/h2-5,10H,1H3,(H,15,17)(H,13,14,16)/t5-/m0/s1. The number of nitrogens with zero attached hydrogens (tertiary/aromatic N) is 2. The average molecular weight is 288 g/mol. The van der Waals surface area contributed by atoms with Crippen LogP contribution in [0.25, 0.3) is 0 Å². The summed E-state index contributed by atoms with van der Waals surface area (Å²) in [6.07, 6.45) is 1.31. The first-order valence-corrected chi connectivity index (χ1v) is 6.14. The smallest absolute Gasteiger partial charge is 0.387 e. The third-order valence-electron chi connectivity index (χ3n) is 2.24. The van der Waals surface area contributed by atoms with E-state index in [-0.39, 0.29) is 10.6 Å². The van der Waals surface area contributed by atoms with Crippen molar-refractivity contribution < 1.29 is 18.3 Å². The second-order valence-electron chi connectivity index (χ2n) is 3.56. The Kier molecular flexibility index (Phi) is 4.05. The highest BCUT2D eigenvalue weighted by molar-refractivity contribution is 7.12. The van der Waals surface area contributed by atoms with Crippen molar-refractivity contribution in [1.82, 2.24) is 20.5 Å². The molecule has 0 spiro atoms. The van der Waals surface area contributed by atoms with Gasteiger partial charge < -0.3 is 10.1 Å². The molecule has 0 fully saturated rings. The molecule has 2 heterocycles. The van der Waals surface area contributed by atoms with Crippen molar-refractivity contribution >= 4 is 17.2 Å². The number of ether oxygens (including phenoxy) is 1. The maximum absolute atomic E-state index is 12.2. The fraction of sp³-hybridized carbons (Fsp3) is 0.300. The molecule has 102 valence electrons. The highest BCUT2D eigenvalue weighted by atomic mass is 32.1. The second kappa shape index (κ2) is 5.74. The fourth-order valence-corrected chi connectivity index (χ4v) is 2.13. The number of amides is 1. The summed E-state index contributed by atoms with van der Waals surface area (Å²) in [6.45, 7) is -1.27. The first-order valence-electron chi connectivity index (χ1n) is 5.26. The molecule has 0 aliphatic carbocycles. The largest absolute Gasteiger partial charge is 0.433 e. The van der Waals surface area contributed by atoms with Crippen molar-refractivity contribution in [2.45, 2.75) is 19.6 Å². The van der Waals surface area contributed by atoms with Gasteiger partial charge in [0.15, 0.2) is 0 Å². The van der Waals surface area contributed by atoms with E-state index in [0.717, 1.165) is 11.3 Å².